The SMILES string of the molecule is Cl.Clc1ccccc1-c1n[nH]c2c1CNCC2. The second-order valence-electron chi connectivity index (χ2n) is 3.94. The fraction of sp³-hybridized carbons (Fsp3) is 0.250. The molecule has 2 aromatic rings. The smallest absolute Gasteiger partial charge is 0.0983 e. The molecule has 1 aromatic heterocycles. The van der Waals surface area contributed by atoms with Gasteiger partial charge in [0.05, 0.1) is 10.7 Å². The van der Waals surface area contributed by atoms with Crippen LogP contribution < -0.4 is 5.32 Å². The Hall–Kier alpha value is -1.03. The molecular formula is C12H13Cl2N3. The quantitative estimate of drug-likeness (QED) is 0.836. The molecule has 0 radical (unpaired) electrons. The molecule has 2 N–H and O–H groups in total. The first-order chi connectivity index (χ1) is 7.86. The van der Waals surface area contributed by atoms with Crippen LogP contribution in [0.1, 0.15) is 11.3 Å². The molecule has 0 bridgehead atoms. The largest absolute Gasteiger partial charge is 0.312 e. The van der Waals surface area contributed by atoms with Crippen LogP contribution in [0.3, 0.4) is 0 Å². The third-order valence-electron chi connectivity index (χ3n) is 2.94. The van der Waals surface area contributed by atoms with E-state index in [1.165, 1.54) is 11.3 Å². The molecule has 0 saturated heterocycles. The average Bonchev–Trinajstić information content (AvgIpc) is 2.74. The van der Waals surface area contributed by atoms with E-state index in [0.717, 1.165) is 35.8 Å². The minimum atomic E-state index is 0. The molecule has 1 aliphatic rings. The molecule has 1 aliphatic heterocycles. The van der Waals surface area contributed by atoms with E-state index in [4.69, 9.17) is 11.6 Å². The maximum Gasteiger partial charge on any atom is 0.0983 e. The van der Waals surface area contributed by atoms with Gasteiger partial charge in [-0.15, -0.1) is 12.4 Å². The Kier molecular flexibility index (Phi) is 3.72. The number of aromatic amines is 1. The van der Waals surface area contributed by atoms with E-state index in [0.29, 0.717) is 0 Å². The minimum absolute atomic E-state index is 0. The van der Waals surface area contributed by atoms with E-state index in [2.05, 4.69) is 15.5 Å². The Morgan fingerprint density at radius 3 is 2.88 bits per heavy atom. The van der Waals surface area contributed by atoms with Crippen LogP contribution >= 0.6 is 24.0 Å². The van der Waals surface area contributed by atoms with Crippen molar-refractivity contribution in [3.63, 3.8) is 0 Å². The number of benzene rings is 1. The van der Waals surface area contributed by atoms with Crippen molar-refractivity contribution in [3.05, 3.63) is 40.5 Å². The summed E-state index contributed by atoms with van der Waals surface area (Å²) in [6.45, 7) is 1.88. The van der Waals surface area contributed by atoms with Crippen LogP contribution in [0.4, 0.5) is 0 Å². The highest BCUT2D eigenvalue weighted by Gasteiger charge is 2.18. The summed E-state index contributed by atoms with van der Waals surface area (Å²) < 4.78 is 0. The normalized spacial score (nSPS) is 13.9. The molecule has 17 heavy (non-hydrogen) atoms. The van der Waals surface area contributed by atoms with Crippen molar-refractivity contribution in [1.82, 2.24) is 15.5 Å². The molecule has 0 aliphatic carbocycles. The number of halogens is 2. The molecule has 2 heterocycles. The van der Waals surface area contributed by atoms with Crippen molar-refractivity contribution in [2.24, 2.45) is 0 Å². The lowest BCUT2D eigenvalue weighted by Gasteiger charge is -2.13. The predicted molar refractivity (Wildman–Crippen MR) is 71.7 cm³/mol. The molecule has 3 nitrogen and oxygen atoms in total. The van der Waals surface area contributed by atoms with Gasteiger partial charge < -0.3 is 5.32 Å². The third kappa shape index (κ3) is 2.18. The van der Waals surface area contributed by atoms with Crippen molar-refractivity contribution in [2.45, 2.75) is 13.0 Å². The minimum Gasteiger partial charge on any atom is -0.312 e. The number of H-pyrrole nitrogens is 1. The summed E-state index contributed by atoms with van der Waals surface area (Å²) in [5.41, 5.74) is 4.46. The molecule has 5 heteroatoms. The van der Waals surface area contributed by atoms with Gasteiger partial charge in [0.25, 0.3) is 0 Å². The molecule has 0 atom stereocenters. The first-order valence-corrected chi connectivity index (χ1v) is 5.76. The summed E-state index contributed by atoms with van der Waals surface area (Å²) >= 11 is 6.18. The highest BCUT2D eigenvalue weighted by molar-refractivity contribution is 6.33. The molecule has 3 rings (SSSR count). The Labute approximate surface area is 111 Å². The number of rotatable bonds is 1. The number of nitrogens with zero attached hydrogens (tertiary/aromatic N) is 1. The average molecular weight is 270 g/mol. The van der Waals surface area contributed by atoms with Crippen LogP contribution in [-0.2, 0) is 13.0 Å². The van der Waals surface area contributed by atoms with Gasteiger partial charge in [-0.2, -0.15) is 5.10 Å². The van der Waals surface area contributed by atoms with Crippen LogP contribution in [0.15, 0.2) is 24.3 Å². The molecule has 1 aromatic carbocycles. The van der Waals surface area contributed by atoms with Gasteiger partial charge >= 0.3 is 0 Å². The van der Waals surface area contributed by atoms with Gasteiger partial charge in [0, 0.05) is 36.3 Å². The van der Waals surface area contributed by atoms with Crippen LogP contribution in [0.5, 0.6) is 0 Å². The van der Waals surface area contributed by atoms with E-state index in [9.17, 15) is 0 Å². The van der Waals surface area contributed by atoms with Crippen molar-refractivity contribution in [1.29, 1.82) is 0 Å². The summed E-state index contributed by atoms with van der Waals surface area (Å²) in [5.74, 6) is 0. The zero-order chi connectivity index (χ0) is 11.0. The maximum atomic E-state index is 6.18. The molecule has 90 valence electrons. The van der Waals surface area contributed by atoms with Gasteiger partial charge in [0.1, 0.15) is 0 Å². The summed E-state index contributed by atoms with van der Waals surface area (Å²) in [6, 6.07) is 7.82. The van der Waals surface area contributed by atoms with E-state index >= 15 is 0 Å². The van der Waals surface area contributed by atoms with E-state index in [-0.39, 0.29) is 12.4 Å². The van der Waals surface area contributed by atoms with Crippen molar-refractivity contribution in [2.75, 3.05) is 6.54 Å². The van der Waals surface area contributed by atoms with Crippen LogP contribution in [0.25, 0.3) is 11.3 Å². The van der Waals surface area contributed by atoms with Gasteiger partial charge in [-0.1, -0.05) is 29.8 Å². The van der Waals surface area contributed by atoms with E-state index < -0.39 is 0 Å². The third-order valence-corrected chi connectivity index (χ3v) is 3.26. The van der Waals surface area contributed by atoms with Crippen LogP contribution in [-0.4, -0.2) is 16.7 Å². The molecule has 0 saturated carbocycles. The summed E-state index contributed by atoms with van der Waals surface area (Å²) in [5, 5.41) is 11.6. The van der Waals surface area contributed by atoms with E-state index in [1.807, 2.05) is 24.3 Å². The second-order valence-corrected chi connectivity index (χ2v) is 4.34. The molecule has 0 fully saturated rings. The zero-order valence-electron chi connectivity index (χ0n) is 9.16. The van der Waals surface area contributed by atoms with Gasteiger partial charge in [0.2, 0.25) is 0 Å². The van der Waals surface area contributed by atoms with E-state index in [1.54, 1.807) is 0 Å². The highest BCUT2D eigenvalue weighted by atomic mass is 35.5. The molecular weight excluding hydrogens is 257 g/mol. The second kappa shape index (κ2) is 5.08. The van der Waals surface area contributed by atoms with Crippen LogP contribution in [0.2, 0.25) is 5.02 Å². The van der Waals surface area contributed by atoms with Gasteiger partial charge in [-0.05, 0) is 6.07 Å². The monoisotopic (exact) mass is 269 g/mol. The highest BCUT2D eigenvalue weighted by Crippen LogP contribution is 2.30. The van der Waals surface area contributed by atoms with Crippen molar-refractivity contribution < 1.29 is 0 Å². The first kappa shape index (κ1) is 12.4. The molecule has 0 unspecified atom stereocenters. The lowest BCUT2D eigenvalue weighted by molar-refractivity contribution is 0.637. The number of fused-ring (bicyclic) bond motifs is 1. The lowest BCUT2D eigenvalue weighted by atomic mass is 10.0. The molecule has 0 amide bonds. The first-order valence-electron chi connectivity index (χ1n) is 5.38. The van der Waals surface area contributed by atoms with Gasteiger partial charge in [-0.3, -0.25) is 5.10 Å². The zero-order valence-corrected chi connectivity index (χ0v) is 10.7. The van der Waals surface area contributed by atoms with Crippen molar-refractivity contribution in [3.8, 4) is 11.3 Å². The standard InChI is InChI=1S/C12H12ClN3.ClH/c13-10-4-2-1-3-8(10)12-9-7-14-6-5-11(9)15-16-12;/h1-4,14H,5-7H2,(H,15,16);1H. The summed E-state index contributed by atoms with van der Waals surface area (Å²) in [6.07, 6.45) is 1.01. The lowest BCUT2D eigenvalue weighted by Crippen LogP contribution is -2.23. The number of aromatic nitrogens is 2. The topological polar surface area (TPSA) is 40.7 Å². The van der Waals surface area contributed by atoms with Gasteiger partial charge in [0.15, 0.2) is 0 Å². The maximum absolute atomic E-state index is 6.18. The van der Waals surface area contributed by atoms with Gasteiger partial charge in [-0.25, -0.2) is 0 Å². The Bertz CT molecular complexity index is 522. The summed E-state index contributed by atoms with van der Waals surface area (Å²) in [7, 11) is 0. The Morgan fingerprint density at radius 2 is 2.06 bits per heavy atom. The molecule has 0 spiro atoms. The summed E-state index contributed by atoms with van der Waals surface area (Å²) in [4.78, 5) is 0. The van der Waals surface area contributed by atoms with Crippen LogP contribution in [0, 0.1) is 0 Å². The van der Waals surface area contributed by atoms with Crippen molar-refractivity contribution >= 4 is 24.0 Å². The Balaban J connectivity index is 0.00000108. The fourth-order valence-electron chi connectivity index (χ4n) is 2.10. The number of hydrogen-bond donors (Lipinski definition) is 2. The number of nitrogens with one attached hydrogen (secondary N) is 2. The Morgan fingerprint density at radius 1 is 1.24 bits per heavy atom. The predicted octanol–water partition coefficient (Wildman–Crippen LogP) is 2.80. The fourth-order valence-corrected chi connectivity index (χ4v) is 2.33. The number of hydrogen-bond acceptors (Lipinski definition) is 2.